The minimum Gasteiger partial charge on any atom is -0.478 e. The Bertz CT molecular complexity index is 1530. The number of carbonyl (C=O) groups excluding carboxylic acids is 2. The topological polar surface area (TPSA) is 228 Å². The summed E-state index contributed by atoms with van der Waals surface area (Å²) >= 11 is 2.22. The largest absolute Gasteiger partial charge is 0.478 e. The van der Waals surface area contributed by atoms with Crippen LogP contribution in [0.3, 0.4) is 0 Å². The molecule has 0 bridgehead atoms. The summed E-state index contributed by atoms with van der Waals surface area (Å²) in [6.07, 6.45) is 3.10. The second kappa shape index (κ2) is 11.4. The van der Waals surface area contributed by atoms with Crippen molar-refractivity contribution < 1.29 is 39.2 Å². The number of thiazole rings is 1. The number of β-lactam (4-membered cyclic amide) rings is 1. The van der Waals surface area contributed by atoms with E-state index in [1.807, 2.05) is 0 Å². The van der Waals surface area contributed by atoms with E-state index in [-0.39, 0.29) is 28.0 Å². The van der Waals surface area contributed by atoms with E-state index < -0.39 is 51.4 Å². The molecular weight excluding hydrogens is 580 g/mol. The molecule has 2 aliphatic heterocycles. The zero-order chi connectivity index (χ0) is 30.1. The molecule has 2 unspecified atom stereocenters. The number of carbonyl (C=O) groups is 4. The van der Waals surface area contributed by atoms with Crippen molar-refractivity contribution in [3.05, 3.63) is 68.4 Å². The van der Waals surface area contributed by atoms with Gasteiger partial charge in [-0.1, -0.05) is 17.3 Å². The summed E-state index contributed by atoms with van der Waals surface area (Å²) in [5.41, 5.74) is 4.03. The average molecular weight is 603 g/mol. The molecule has 1 aromatic heterocycles. The smallest absolute Gasteiger partial charge is 0.352 e. The molecule has 15 nitrogen and oxygen atoms in total. The highest BCUT2D eigenvalue weighted by atomic mass is 32.2. The fourth-order valence-electron chi connectivity index (χ4n) is 3.68. The van der Waals surface area contributed by atoms with Crippen LogP contribution in [-0.4, -0.2) is 77.3 Å². The Hall–Kier alpha value is -4.77. The van der Waals surface area contributed by atoms with Crippen molar-refractivity contribution in [2.45, 2.75) is 30.9 Å². The number of thioether (sulfide) groups is 1. The van der Waals surface area contributed by atoms with Crippen LogP contribution in [-0.2, 0) is 24.0 Å². The number of aromatic nitrogens is 1. The maximum absolute atomic E-state index is 13.2. The highest BCUT2D eigenvalue weighted by Crippen LogP contribution is 2.41. The highest BCUT2D eigenvalue weighted by molar-refractivity contribution is 8.00. The van der Waals surface area contributed by atoms with Gasteiger partial charge in [-0.3, -0.25) is 24.6 Å². The van der Waals surface area contributed by atoms with E-state index in [1.165, 1.54) is 61.3 Å². The molecule has 0 aliphatic carbocycles. The van der Waals surface area contributed by atoms with Crippen molar-refractivity contribution in [2.24, 2.45) is 5.16 Å². The van der Waals surface area contributed by atoms with Crippen LogP contribution in [0.4, 0.5) is 10.8 Å². The molecule has 5 N–H and O–H groups in total. The summed E-state index contributed by atoms with van der Waals surface area (Å²) in [4.78, 5) is 70.2. The Morgan fingerprint density at radius 1 is 1.27 bits per heavy atom. The van der Waals surface area contributed by atoms with E-state index in [1.54, 1.807) is 6.08 Å². The number of benzene rings is 1. The predicted octanol–water partition coefficient (Wildman–Crippen LogP) is 1.67. The van der Waals surface area contributed by atoms with Gasteiger partial charge in [0.2, 0.25) is 5.60 Å². The molecule has 0 radical (unpaired) electrons. The molecule has 0 saturated carbocycles. The lowest BCUT2D eigenvalue weighted by Crippen LogP contribution is -2.71. The fraction of sp³-hybridized carbons (Fsp3) is 0.250. The van der Waals surface area contributed by atoms with Gasteiger partial charge in [0.05, 0.1) is 4.92 Å². The summed E-state index contributed by atoms with van der Waals surface area (Å²) in [6, 6.07) is 4.52. The number of anilines is 1. The number of aliphatic carboxylic acids is 2. The maximum Gasteiger partial charge on any atom is 0.352 e. The van der Waals surface area contributed by atoms with Gasteiger partial charge in [-0.15, -0.1) is 23.1 Å². The average Bonchev–Trinajstić information content (AvgIpc) is 3.35. The van der Waals surface area contributed by atoms with Crippen molar-refractivity contribution in [1.29, 1.82) is 0 Å². The minimum atomic E-state index is -1.78. The van der Waals surface area contributed by atoms with Crippen LogP contribution in [0.1, 0.15) is 25.1 Å². The van der Waals surface area contributed by atoms with E-state index in [4.69, 9.17) is 10.6 Å². The normalized spacial score (nSPS) is 19.0. The van der Waals surface area contributed by atoms with Gasteiger partial charge >= 0.3 is 11.9 Å². The molecule has 1 saturated heterocycles. The summed E-state index contributed by atoms with van der Waals surface area (Å²) in [7, 11) is 0. The van der Waals surface area contributed by atoms with E-state index in [2.05, 4.69) is 15.5 Å². The lowest BCUT2D eigenvalue weighted by Gasteiger charge is -2.49. The Balaban J connectivity index is 1.54. The molecule has 41 heavy (non-hydrogen) atoms. The van der Waals surface area contributed by atoms with Crippen molar-refractivity contribution in [2.75, 3.05) is 11.5 Å². The van der Waals surface area contributed by atoms with Crippen LogP contribution in [0.25, 0.3) is 6.08 Å². The van der Waals surface area contributed by atoms with Crippen LogP contribution >= 0.6 is 23.1 Å². The number of allylic oxidation sites excluding steroid dienone is 1. The number of carboxylic acids is 2. The number of nitro groups is 1. The summed E-state index contributed by atoms with van der Waals surface area (Å²) < 4.78 is 0. The monoisotopic (exact) mass is 602 g/mol. The van der Waals surface area contributed by atoms with E-state index >= 15 is 0 Å². The third-order valence-electron chi connectivity index (χ3n) is 5.93. The number of nitrogen functional groups attached to an aromatic ring is 1. The van der Waals surface area contributed by atoms with Gasteiger partial charge < -0.3 is 26.1 Å². The van der Waals surface area contributed by atoms with E-state index in [9.17, 15) is 39.5 Å². The maximum atomic E-state index is 13.2. The molecule has 2 aromatic rings. The third kappa shape index (κ3) is 6.04. The zero-order valence-corrected chi connectivity index (χ0v) is 23.0. The number of rotatable bonds is 10. The first-order valence-electron chi connectivity index (χ1n) is 11.7. The molecule has 214 valence electrons. The molecule has 17 heteroatoms. The number of fused-ring (bicyclic) bond motifs is 1. The van der Waals surface area contributed by atoms with Crippen LogP contribution in [0.5, 0.6) is 0 Å². The van der Waals surface area contributed by atoms with Gasteiger partial charge in [-0.2, -0.15) is 0 Å². The van der Waals surface area contributed by atoms with Crippen LogP contribution in [0.15, 0.2) is 52.1 Å². The Morgan fingerprint density at radius 2 is 1.95 bits per heavy atom. The molecule has 0 spiro atoms. The van der Waals surface area contributed by atoms with Gasteiger partial charge in [0.25, 0.3) is 17.5 Å². The zero-order valence-electron chi connectivity index (χ0n) is 21.3. The summed E-state index contributed by atoms with van der Waals surface area (Å²) in [5, 5.41) is 37.0. The molecule has 1 fully saturated rings. The van der Waals surface area contributed by atoms with Crippen LogP contribution < -0.4 is 11.1 Å². The number of carboxylic acid groups (broad SMARTS) is 2. The lowest BCUT2D eigenvalue weighted by atomic mass is 10.0. The second-order valence-electron chi connectivity index (χ2n) is 9.14. The number of nitrogens with zero attached hydrogens (tertiary/aromatic N) is 4. The number of nitrogens with one attached hydrogen (secondary N) is 1. The Labute approximate surface area is 239 Å². The number of hydrogen-bond donors (Lipinski definition) is 4. The Kier molecular flexibility index (Phi) is 8.11. The van der Waals surface area contributed by atoms with Gasteiger partial charge in [0, 0.05) is 23.3 Å². The van der Waals surface area contributed by atoms with Gasteiger partial charge in [-0.25, -0.2) is 14.6 Å². The number of nitrogens with two attached hydrogens (primary N) is 1. The highest BCUT2D eigenvalue weighted by Gasteiger charge is 2.54. The van der Waals surface area contributed by atoms with E-state index in [0.29, 0.717) is 11.1 Å². The van der Waals surface area contributed by atoms with Crippen LogP contribution in [0.2, 0.25) is 0 Å². The molecule has 2 amide bonds. The first-order chi connectivity index (χ1) is 19.3. The van der Waals surface area contributed by atoms with Crippen molar-refractivity contribution >= 4 is 69.5 Å². The van der Waals surface area contributed by atoms with E-state index in [0.717, 1.165) is 16.2 Å². The second-order valence-corrected chi connectivity index (χ2v) is 11.1. The predicted molar refractivity (Wildman–Crippen MR) is 148 cm³/mol. The molecule has 4 rings (SSSR count). The van der Waals surface area contributed by atoms with Gasteiger partial charge in [0.1, 0.15) is 22.8 Å². The van der Waals surface area contributed by atoms with Crippen molar-refractivity contribution in [3.8, 4) is 0 Å². The first kappa shape index (κ1) is 29.2. The number of nitro benzene ring substituents is 1. The molecule has 1 aromatic carbocycles. The molecular formula is C24H22N6O9S2. The number of oxime groups is 1. The standard InChI is InChI=1S/C24H22N6O9S2/c1-24(2,22(35)36)39-28-15(14-10-41-23(25)26-14)18(31)27-16-19(32)29-17(21(33)34)12(9-40-20(16)29)6-3-11-4-7-13(8-5-11)30(37)38/h3-8,10,16,20H,9H2,1-2H3,(H2,25,26)(H,27,31)(H,33,34)(H,35,36)/b6-3-,28-15-. The number of hydrogen-bond acceptors (Lipinski definition) is 12. The number of non-ortho nitro benzene ring substituents is 1. The molecule has 2 atom stereocenters. The van der Waals surface area contributed by atoms with Crippen molar-refractivity contribution in [1.82, 2.24) is 15.2 Å². The minimum absolute atomic E-state index is 0.00379. The first-order valence-corrected chi connectivity index (χ1v) is 13.6. The summed E-state index contributed by atoms with van der Waals surface area (Å²) in [5.74, 6) is -4.08. The van der Waals surface area contributed by atoms with Gasteiger partial charge in [-0.05, 0) is 37.1 Å². The van der Waals surface area contributed by atoms with Gasteiger partial charge in [0.15, 0.2) is 10.8 Å². The lowest BCUT2D eigenvalue weighted by molar-refractivity contribution is -0.384. The summed E-state index contributed by atoms with van der Waals surface area (Å²) in [6.45, 7) is 2.45. The van der Waals surface area contributed by atoms with Crippen molar-refractivity contribution in [3.63, 3.8) is 0 Å². The Morgan fingerprint density at radius 3 is 2.51 bits per heavy atom. The van der Waals surface area contributed by atoms with Crippen LogP contribution in [0, 0.1) is 10.1 Å². The molecule has 2 aliphatic rings. The third-order valence-corrected chi connectivity index (χ3v) is 7.90. The molecule has 3 heterocycles. The quantitative estimate of drug-likeness (QED) is 0.132. The fourth-order valence-corrected chi connectivity index (χ4v) is 5.55. The number of amides is 2. The SMILES string of the molecule is CC(C)(O/N=C(\C(=O)NC1C(=O)N2C(C(=O)O)=C(/C=C\c3ccc([N+](=O)[O-])cc3)CSC12)c1csc(N)n1)C(=O)O.